The monoisotopic (exact) mass is 353 g/mol. The molecule has 2 aromatic rings. The van der Waals surface area contributed by atoms with E-state index in [-0.39, 0.29) is 17.2 Å². The summed E-state index contributed by atoms with van der Waals surface area (Å²) < 4.78 is 21.1. The summed E-state index contributed by atoms with van der Waals surface area (Å²) in [6.45, 7) is 6.32. The number of nitrogens with zero attached hydrogens (tertiary/aromatic N) is 1. The normalized spacial score (nSPS) is 10.8. The molecule has 24 heavy (non-hydrogen) atoms. The quantitative estimate of drug-likeness (QED) is 0.700. The Hall–Kier alpha value is -2.21. The van der Waals surface area contributed by atoms with Crippen LogP contribution in [-0.4, -0.2) is 24.8 Å². The van der Waals surface area contributed by atoms with Gasteiger partial charge < -0.3 is 18.7 Å². The van der Waals surface area contributed by atoms with Gasteiger partial charge in [0.15, 0.2) is 23.9 Å². The van der Waals surface area contributed by atoms with Gasteiger partial charge in [0, 0.05) is 6.07 Å². The molecule has 0 aliphatic carbocycles. The van der Waals surface area contributed by atoms with Gasteiger partial charge in [-0.15, -0.1) is 0 Å². The Balaban J connectivity index is 2.11. The number of carbonyl (C=O) groups is 1. The number of hydrogen-bond acceptors (Lipinski definition) is 6. The first kappa shape index (κ1) is 18.1. The van der Waals surface area contributed by atoms with Crippen LogP contribution in [0.5, 0.6) is 11.5 Å². The molecule has 0 spiro atoms. The van der Waals surface area contributed by atoms with Gasteiger partial charge in [-0.3, -0.25) is 0 Å². The van der Waals surface area contributed by atoms with E-state index in [0.29, 0.717) is 29.8 Å². The van der Waals surface area contributed by atoms with Crippen molar-refractivity contribution in [3.05, 3.63) is 40.2 Å². The van der Waals surface area contributed by atoms with Crippen molar-refractivity contribution >= 4 is 17.6 Å². The third-order valence-corrected chi connectivity index (χ3v) is 3.33. The summed E-state index contributed by atoms with van der Waals surface area (Å²) in [4.78, 5) is 12.2. The van der Waals surface area contributed by atoms with Crippen molar-refractivity contribution in [2.75, 3.05) is 13.7 Å². The molecule has 0 fully saturated rings. The number of rotatable bonds is 7. The zero-order valence-electron chi connectivity index (χ0n) is 14.1. The zero-order chi connectivity index (χ0) is 17.7. The van der Waals surface area contributed by atoms with E-state index in [1.54, 1.807) is 13.0 Å². The summed E-state index contributed by atoms with van der Waals surface area (Å²) in [7, 11) is 1.49. The molecule has 0 bridgehead atoms. The lowest BCUT2D eigenvalue weighted by molar-refractivity contribution is 0.0437. The lowest BCUT2D eigenvalue weighted by atomic mass is 10.2. The van der Waals surface area contributed by atoms with Gasteiger partial charge in [-0.2, -0.15) is 0 Å². The number of aryl methyl sites for hydroxylation is 1. The van der Waals surface area contributed by atoms with Gasteiger partial charge >= 0.3 is 5.97 Å². The van der Waals surface area contributed by atoms with Crippen LogP contribution in [0.25, 0.3) is 0 Å². The Labute approximate surface area is 145 Å². The van der Waals surface area contributed by atoms with Gasteiger partial charge in [0.25, 0.3) is 0 Å². The average Bonchev–Trinajstić information content (AvgIpc) is 2.96. The van der Waals surface area contributed by atoms with Crippen LogP contribution in [0.4, 0.5) is 0 Å². The SMILES string of the molecule is COc1cc(C(=O)OCc2cc(C)no2)cc(Cl)c1OCC(C)C. The molecule has 0 aliphatic rings. The number of carbonyl (C=O) groups excluding carboxylic acids is 1. The zero-order valence-corrected chi connectivity index (χ0v) is 14.8. The molecule has 0 N–H and O–H groups in total. The molecule has 0 unspecified atom stereocenters. The van der Waals surface area contributed by atoms with Crippen molar-refractivity contribution in [1.82, 2.24) is 5.16 Å². The summed E-state index contributed by atoms with van der Waals surface area (Å²) in [5, 5.41) is 4.02. The van der Waals surface area contributed by atoms with Crippen LogP contribution in [0, 0.1) is 12.8 Å². The molecule has 6 nitrogen and oxygen atoms in total. The lowest BCUT2D eigenvalue weighted by Crippen LogP contribution is -2.08. The number of ether oxygens (including phenoxy) is 3. The first-order chi connectivity index (χ1) is 11.4. The Morgan fingerprint density at radius 1 is 1.33 bits per heavy atom. The van der Waals surface area contributed by atoms with Crippen molar-refractivity contribution in [1.29, 1.82) is 0 Å². The van der Waals surface area contributed by atoms with Crippen molar-refractivity contribution in [2.24, 2.45) is 5.92 Å². The van der Waals surface area contributed by atoms with Crippen LogP contribution in [0.2, 0.25) is 5.02 Å². The number of aromatic nitrogens is 1. The fourth-order valence-electron chi connectivity index (χ4n) is 1.93. The van der Waals surface area contributed by atoms with Gasteiger partial charge in [0.2, 0.25) is 0 Å². The van der Waals surface area contributed by atoms with E-state index in [2.05, 4.69) is 5.16 Å². The minimum absolute atomic E-state index is 0.00872. The van der Waals surface area contributed by atoms with Crippen molar-refractivity contribution < 1.29 is 23.5 Å². The largest absolute Gasteiger partial charge is 0.493 e. The van der Waals surface area contributed by atoms with Gasteiger partial charge in [-0.25, -0.2) is 4.79 Å². The minimum Gasteiger partial charge on any atom is -0.493 e. The van der Waals surface area contributed by atoms with Crippen LogP contribution in [0.15, 0.2) is 22.7 Å². The molecule has 130 valence electrons. The Morgan fingerprint density at radius 3 is 2.67 bits per heavy atom. The molecule has 0 radical (unpaired) electrons. The molecule has 0 aliphatic heterocycles. The van der Waals surface area contributed by atoms with Crippen LogP contribution in [-0.2, 0) is 11.3 Å². The molecule has 0 amide bonds. The number of halogens is 1. The summed E-state index contributed by atoms with van der Waals surface area (Å²) >= 11 is 6.22. The predicted molar refractivity (Wildman–Crippen MR) is 88.7 cm³/mol. The molecule has 1 aromatic carbocycles. The predicted octanol–water partition coefficient (Wildman–Crippen LogP) is 4.04. The fraction of sp³-hybridized carbons (Fsp3) is 0.412. The highest BCUT2D eigenvalue weighted by Crippen LogP contribution is 2.37. The first-order valence-corrected chi connectivity index (χ1v) is 7.88. The molecule has 1 heterocycles. The molecule has 0 atom stereocenters. The summed E-state index contributed by atoms with van der Waals surface area (Å²) in [5.74, 6) is 1.05. The molecule has 2 rings (SSSR count). The Morgan fingerprint density at radius 2 is 2.08 bits per heavy atom. The van der Waals surface area contributed by atoms with E-state index >= 15 is 0 Å². The van der Waals surface area contributed by atoms with E-state index < -0.39 is 5.97 Å². The van der Waals surface area contributed by atoms with Crippen molar-refractivity contribution in [3.8, 4) is 11.5 Å². The smallest absolute Gasteiger partial charge is 0.338 e. The van der Waals surface area contributed by atoms with E-state index in [1.165, 1.54) is 19.2 Å². The molecule has 1 aromatic heterocycles. The highest BCUT2D eigenvalue weighted by molar-refractivity contribution is 6.32. The van der Waals surface area contributed by atoms with Crippen LogP contribution >= 0.6 is 11.6 Å². The Bertz CT molecular complexity index is 711. The van der Waals surface area contributed by atoms with Gasteiger partial charge in [0.05, 0.1) is 30.0 Å². The van der Waals surface area contributed by atoms with Crippen LogP contribution < -0.4 is 9.47 Å². The number of methoxy groups -OCH3 is 1. The van der Waals surface area contributed by atoms with Crippen molar-refractivity contribution in [3.63, 3.8) is 0 Å². The first-order valence-electron chi connectivity index (χ1n) is 7.50. The maximum absolute atomic E-state index is 12.2. The number of hydrogen-bond donors (Lipinski definition) is 0. The van der Waals surface area contributed by atoms with Gasteiger partial charge in [-0.1, -0.05) is 30.6 Å². The molecule has 0 saturated carbocycles. The average molecular weight is 354 g/mol. The highest BCUT2D eigenvalue weighted by Gasteiger charge is 2.18. The maximum atomic E-state index is 12.2. The number of esters is 1. The molecule has 0 saturated heterocycles. The Kier molecular flexibility index (Phi) is 6.09. The van der Waals surface area contributed by atoms with Crippen LogP contribution in [0.1, 0.15) is 35.7 Å². The summed E-state index contributed by atoms with van der Waals surface area (Å²) in [5.41, 5.74) is 0.988. The van der Waals surface area contributed by atoms with E-state index in [9.17, 15) is 4.79 Å². The molecule has 7 heteroatoms. The van der Waals surface area contributed by atoms with E-state index in [1.807, 2.05) is 13.8 Å². The standard InChI is InChI=1S/C17H20ClNO5/c1-10(2)8-22-16-14(18)6-12(7-15(16)21-4)17(20)23-9-13-5-11(3)19-24-13/h5-7,10H,8-9H2,1-4H3. The van der Waals surface area contributed by atoms with Crippen LogP contribution in [0.3, 0.4) is 0 Å². The molecular formula is C17H20ClNO5. The lowest BCUT2D eigenvalue weighted by Gasteiger charge is -2.15. The highest BCUT2D eigenvalue weighted by atomic mass is 35.5. The fourth-order valence-corrected chi connectivity index (χ4v) is 2.20. The second-order valence-electron chi connectivity index (χ2n) is 5.71. The van der Waals surface area contributed by atoms with Gasteiger partial charge in [-0.05, 0) is 25.0 Å². The second kappa shape index (κ2) is 8.06. The topological polar surface area (TPSA) is 70.8 Å². The van der Waals surface area contributed by atoms with Gasteiger partial charge in [0.1, 0.15) is 0 Å². The summed E-state index contributed by atoms with van der Waals surface area (Å²) in [6, 6.07) is 4.73. The third kappa shape index (κ3) is 4.64. The summed E-state index contributed by atoms with van der Waals surface area (Å²) in [6.07, 6.45) is 0. The molecular weight excluding hydrogens is 334 g/mol. The third-order valence-electron chi connectivity index (χ3n) is 3.05. The second-order valence-corrected chi connectivity index (χ2v) is 6.11. The maximum Gasteiger partial charge on any atom is 0.338 e. The van der Waals surface area contributed by atoms with E-state index in [4.69, 9.17) is 30.3 Å². The minimum atomic E-state index is -0.542. The van der Waals surface area contributed by atoms with E-state index in [0.717, 1.165) is 5.69 Å². The van der Waals surface area contributed by atoms with Crippen molar-refractivity contribution in [2.45, 2.75) is 27.4 Å². The number of benzene rings is 1.